The molecule has 0 fully saturated rings. The van der Waals surface area contributed by atoms with Gasteiger partial charge in [-0.1, -0.05) is 25.4 Å². The van der Waals surface area contributed by atoms with E-state index in [1.54, 1.807) is 30.0 Å². The van der Waals surface area contributed by atoms with Gasteiger partial charge in [0.2, 0.25) is 0 Å². The first-order valence-corrected chi connectivity index (χ1v) is 8.87. The number of nitrogens with one attached hydrogen (secondary N) is 2. The zero-order valence-electron chi connectivity index (χ0n) is 14.1. The lowest BCUT2D eigenvalue weighted by Crippen LogP contribution is -2.41. The van der Waals surface area contributed by atoms with Crippen molar-refractivity contribution >= 4 is 35.2 Å². The Bertz CT molecular complexity index is 763. The summed E-state index contributed by atoms with van der Waals surface area (Å²) in [4.78, 5) is 25.4. The number of hydrazine groups is 1. The third-order valence-electron chi connectivity index (χ3n) is 3.19. The van der Waals surface area contributed by atoms with E-state index in [0.29, 0.717) is 21.6 Å². The predicted octanol–water partition coefficient (Wildman–Crippen LogP) is 3.92. The molecule has 0 bridgehead atoms. The summed E-state index contributed by atoms with van der Waals surface area (Å²) < 4.78 is 5.12. The van der Waals surface area contributed by atoms with E-state index in [9.17, 15) is 9.59 Å². The molecule has 0 aliphatic heterocycles. The number of ether oxygens (including phenoxy) is 1. The molecule has 2 amide bonds. The van der Waals surface area contributed by atoms with Gasteiger partial charge in [-0.25, -0.2) is 0 Å². The molecule has 0 unspecified atom stereocenters. The van der Waals surface area contributed by atoms with Gasteiger partial charge in [-0.15, -0.1) is 11.8 Å². The summed E-state index contributed by atoms with van der Waals surface area (Å²) in [5, 5.41) is 0.921. The van der Waals surface area contributed by atoms with E-state index in [1.807, 2.05) is 12.1 Å². The standard InChI is InChI=1S/C18H19ClN2O3S/c1-11(2)25-14-7-4-12(5-8-14)17(22)20-21-18(23)15-9-6-13(19)10-16(15)24-3/h4-11H,1-3H3,(H,20,22)(H,21,23). The number of amides is 2. The van der Waals surface area contributed by atoms with Gasteiger partial charge >= 0.3 is 0 Å². The van der Waals surface area contributed by atoms with Gasteiger partial charge in [0.05, 0.1) is 12.7 Å². The monoisotopic (exact) mass is 378 g/mol. The highest BCUT2D eigenvalue weighted by molar-refractivity contribution is 7.99. The second-order valence-corrected chi connectivity index (χ2v) is 7.53. The molecule has 5 nitrogen and oxygen atoms in total. The molecule has 2 aromatic rings. The van der Waals surface area contributed by atoms with Gasteiger partial charge in [0, 0.05) is 20.7 Å². The van der Waals surface area contributed by atoms with Gasteiger partial charge in [0.15, 0.2) is 0 Å². The van der Waals surface area contributed by atoms with Crippen LogP contribution in [0.25, 0.3) is 0 Å². The van der Waals surface area contributed by atoms with Gasteiger partial charge in [-0.2, -0.15) is 0 Å². The van der Waals surface area contributed by atoms with E-state index in [1.165, 1.54) is 19.2 Å². The van der Waals surface area contributed by atoms with Crippen LogP contribution in [0.1, 0.15) is 34.6 Å². The zero-order chi connectivity index (χ0) is 18.4. The SMILES string of the molecule is COc1cc(Cl)ccc1C(=O)NNC(=O)c1ccc(SC(C)C)cc1. The molecular weight excluding hydrogens is 360 g/mol. The number of halogens is 1. The number of methoxy groups -OCH3 is 1. The first-order valence-electron chi connectivity index (χ1n) is 7.61. The van der Waals surface area contributed by atoms with Crippen LogP contribution in [0.15, 0.2) is 47.4 Å². The fourth-order valence-electron chi connectivity index (χ4n) is 2.06. The van der Waals surface area contributed by atoms with Crippen molar-refractivity contribution in [2.24, 2.45) is 0 Å². The van der Waals surface area contributed by atoms with Gasteiger partial charge < -0.3 is 4.74 Å². The summed E-state index contributed by atoms with van der Waals surface area (Å²) in [6.45, 7) is 4.21. The van der Waals surface area contributed by atoms with E-state index in [0.717, 1.165) is 4.90 Å². The van der Waals surface area contributed by atoms with Gasteiger partial charge in [0.1, 0.15) is 5.75 Å². The average Bonchev–Trinajstić information content (AvgIpc) is 2.59. The van der Waals surface area contributed by atoms with Crippen LogP contribution in [-0.2, 0) is 0 Å². The number of hydrogen-bond donors (Lipinski definition) is 2. The maximum absolute atomic E-state index is 12.2. The average molecular weight is 379 g/mol. The fourth-order valence-corrected chi connectivity index (χ4v) is 3.06. The second kappa shape index (κ2) is 8.78. The molecule has 0 spiro atoms. The Balaban J connectivity index is 1.98. The van der Waals surface area contributed by atoms with Crippen LogP contribution in [0.2, 0.25) is 5.02 Å². The van der Waals surface area contributed by atoms with Crippen molar-refractivity contribution in [2.75, 3.05) is 7.11 Å². The normalized spacial score (nSPS) is 10.4. The Morgan fingerprint density at radius 2 is 1.68 bits per heavy atom. The summed E-state index contributed by atoms with van der Waals surface area (Å²) in [7, 11) is 1.44. The van der Waals surface area contributed by atoms with Crippen LogP contribution in [0, 0.1) is 0 Å². The fraction of sp³-hybridized carbons (Fsp3) is 0.222. The number of carbonyl (C=O) groups excluding carboxylic acids is 2. The Morgan fingerprint density at radius 3 is 2.28 bits per heavy atom. The lowest BCUT2D eigenvalue weighted by molar-refractivity contribution is 0.0845. The maximum Gasteiger partial charge on any atom is 0.273 e. The van der Waals surface area contributed by atoms with Crippen molar-refractivity contribution in [3.63, 3.8) is 0 Å². The molecule has 0 aromatic heterocycles. The van der Waals surface area contributed by atoms with Crippen molar-refractivity contribution in [1.29, 1.82) is 0 Å². The number of thioether (sulfide) groups is 1. The van der Waals surface area contributed by atoms with E-state index >= 15 is 0 Å². The molecular formula is C18H19ClN2O3S. The Morgan fingerprint density at radius 1 is 1.04 bits per heavy atom. The lowest BCUT2D eigenvalue weighted by atomic mass is 10.2. The highest BCUT2D eigenvalue weighted by Crippen LogP contribution is 2.23. The minimum absolute atomic E-state index is 0.274. The smallest absolute Gasteiger partial charge is 0.273 e. The third kappa shape index (κ3) is 5.41. The molecule has 0 aliphatic carbocycles. The molecule has 0 atom stereocenters. The summed E-state index contributed by atoms with van der Waals surface area (Å²) in [5.41, 5.74) is 5.49. The molecule has 7 heteroatoms. The zero-order valence-corrected chi connectivity index (χ0v) is 15.7. The number of rotatable bonds is 5. The van der Waals surface area contributed by atoms with E-state index < -0.39 is 11.8 Å². The molecule has 132 valence electrons. The largest absolute Gasteiger partial charge is 0.496 e. The van der Waals surface area contributed by atoms with Crippen molar-refractivity contribution in [1.82, 2.24) is 10.9 Å². The predicted molar refractivity (Wildman–Crippen MR) is 100 cm³/mol. The van der Waals surface area contributed by atoms with Crippen LogP contribution in [0.4, 0.5) is 0 Å². The van der Waals surface area contributed by atoms with Gasteiger partial charge in [-0.05, 0) is 42.5 Å². The Hall–Kier alpha value is -2.18. The highest BCUT2D eigenvalue weighted by Gasteiger charge is 2.14. The summed E-state index contributed by atoms with van der Waals surface area (Å²) >= 11 is 7.58. The number of benzene rings is 2. The van der Waals surface area contributed by atoms with E-state index in [4.69, 9.17) is 16.3 Å². The minimum atomic E-state index is -0.492. The second-order valence-electron chi connectivity index (χ2n) is 5.44. The van der Waals surface area contributed by atoms with Crippen LogP contribution in [-0.4, -0.2) is 24.2 Å². The van der Waals surface area contributed by atoms with Crippen LogP contribution in [0.3, 0.4) is 0 Å². The molecule has 0 heterocycles. The van der Waals surface area contributed by atoms with Crippen LogP contribution >= 0.6 is 23.4 Å². The highest BCUT2D eigenvalue weighted by atomic mass is 35.5. The van der Waals surface area contributed by atoms with Crippen LogP contribution < -0.4 is 15.6 Å². The van der Waals surface area contributed by atoms with Gasteiger partial charge in [-0.3, -0.25) is 20.4 Å². The van der Waals surface area contributed by atoms with Crippen molar-refractivity contribution in [3.05, 3.63) is 58.6 Å². The molecule has 2 N–H and O–H groups in total. The first-order chi connectivity index (χ1) is 11.9. The van der Waals surface area contributed by atoms with Crippen LogP contribution in [0.5, 0.6) is 5.75 Å². The van der Waals surface area contributed by atoms with Gasteiger partial charge in [0.25, 0.3) is 11.8 Å². The molecule has 0 aliphatic rings. The number of hydrogen-bond acceptors (Lipinski definition) is 4. The minimum Gasteiger partial charge on any atom is -0.496 e. The molecule has 2 aromatic carbocycles. The number of carbonyl (C=O) groups is 2. The molecule has 2 rings (SSSR count). The van der Waals surface area contributed by atoms with Crippen molar-refractivity contribution < 1.29 is 14.3 Å². The third-order valence-corrected chi connectivity index (χ3v) is 4.44. The summed E-state index contributed by atoms with van der Waals surface area (Å²) in [5.74, 6) is -0.564. The molecule has 0 saturated heterocycles. The first kappa shape index (κ1) is 19.1. The molecule has 0 radical (unpaired) electrons. The molecule has 0 saturated carbocycles. The van der Waals surface area contributed by atoms with E-state index in [2.05, 4.69) is 24.7 Å². The summed E-state index contributed by atoms with van der Waals surface area (Å²) in [6.07, 6.45) is 0. The van der Waals surface area contributed by atoms with Crippen molar-refractivity contribution in [2.45, 2.75) is 24.0 Å². The van der Waals surface area contributed by atoms with E-state index in [-0.39, 0.29) is 5.56 Å². The quantitative estimate of drug-likeness (QED) is 0.611. The van der Waals surface area contributed by atoms with Crippen molar-refractivity contribution in [3.8, 4) is 5.75 Å². The maximum atomic E-state index is 12.2. The molecule has 25 heavy (non-hydrogen) atoms. The topological polar surface area (TPSA) is 67.4 Å². The lowest BCUT2D eigenvalue weighted by Gasteiger charge is -2.11. The Kier molecular flexibility index (Phi) is 6.73. The summed E-state index contributed by atoms with van der Waals surface area (Å²) in [6, 6.07) is 11.8. The Labute approximate surface area is 156 Å².